The maximum absolute atomic E-state index is 13.5. The monoisotopic (exact) mass is 279 g/mol. The van der Waals surface area contributed by atoms with E-state index in [1.807, 2.05) is 0 Å². The molecule has 1 aliphatic rings. The van der Waals surface area contributed by atoms with Gasteiger partial charge < -0.3 is 10.2 Å². The summed E-state index contributed by atoms with van der Waals surface area (Å²) in [6, 6.07) is 1.60. The number of pyridine rings is 1. The Balaban J connectivity index is 2.20. The quantitative estimate of drug-likeness (QED) is 0.919. The van der Waals surface area contributed by atoms with Crippen molar-refractivity contribution in [3.8, 4) is 0 Å². The lowest BCUT2D eigenvalue weighted by Crippen LogP contribution is -2.36. The van der Waals surface area contributed by atoms with Crippen LogP contribution in [0.3, 0.4) is 0 Å². The van der Waals surface area contributed by atoms with Crippen molar-refractivity contribution in [2.45, 2.75) is 53.1 Å². The van der Waals surface area contributed by atoms with Gasteiger partial charge in [0.2, 0.25) is 0 Å². The van der Waals surface area contributed by atoms with Gasteiger partial charge in [-0.25, -0.2) is 9.37 Å². The fourth-order valence-electron chi connectivity index (χ4n) is 2.54. The zero-order valence-electron chi connectivity index (χ0n) is 13.3. The van der Waals surface area contributed by atoms with Gasteiger partial charge in [0, 0.05) is 30.7 Å². The van der Waals surface area contributed by atoms with Crippen LogP contribution >= 0.6 is 0 Å². The van der Waals surface area contributed by atoms with Crippen LogP contribution < -0.4 is 10.2 Å². The van der Waals surface area contributed by atoms with Gasteiger partial charge in [-0.1, -0.05) is 13.8 Å². The van der Waals surface area contributed by atoms with Gasteiger partial charge in [0.1, 0.15) is 11.6 Å². The molecule has 0 atom stereocenters. The SMILES string of the molecule is CC1(C)CCN(c2ncc(F)cc2CNC(C)(C)C)C1. The summed E-state index contributed by atoms with van der Waals surface area (Å²) in [7, 11) is 0. The van der Waals surface area contributed by atoms with E-state index in [1.54, 1.807) is 6.07 Å². The second-order valence-corrected chi connectivity index (χ2v) is 7.58. The summed E-state index contributed by atoms with van der Waals surface area (Å²) in [5, 5.41) is 3.42. The molecule has 0 aromatic carbocycles. The van der Waals surface area contributed by atoms with E-state index in [9.17, 15) is 4.39 Å². The van der Waals surface area contributed by atoms with E-state index in [1.165, 1.54) is 6.20 Å². The Bertz CT molecular complexity index is 477. The van der Waals surface area contributed by atoms with Gasteiger partial charge in [0.05, 0.1) is 6.20 Å². The summed E-state index contributed by atoms with van der Waals surface area (Å²) in [5.74, 6) is 0.659. The molecule has 1 aliphatic heterocycles. The number of nitrogens with zero attached hydrogens (tertiary/aromatic N) is 2. The first kappa shape index (κ1) is 15.2. The van der Waals surface area contributed by atoms with Crippen LogP contribution in [-0.2, 0) is 6.54 Å². The lowest BCUT2D eigenvalue weighted by atomic mass is 9.93. The first-order valence-electron chi connectivity index (χ1n) is 7.31. The molecule has 0 spiro atoms. The Kier molecular flexibility index (Phi) is 4.05. The molecule has 1 N–H and O–H groups in total. The van der Waals surface area contributed by atoms with Crippen LogP contribution in [-0.4, -0.2) is 23.6 Å². The van der Waals surface area contributed by atoms with Crippen molar-refractivity contribution in [1.82, 2.24) is 10.3 Å². The molecule has 1 aromatic heterocycles. The highest BCUT2D eigenvalue weighted by molar-refractivity contribution is 5.48. The molecule has 0 aliphatic carbocycles. The lowest BCUT2D eigenvalue weighted by Gasteiger charge is -2.25. The Morgan fingerprint density at radius 1 is 1.40 bits per heavy atom. The average molecular weight is 279 g/mol. The van der Waals surface area contributed by atoms with E-state index >= 15 is 0 Å². The van der Waals surface area contributed by atoms with Gasteiger partial charge in [-0.2, -0.15) is 0 Å². The molecule has 0 radical (unpaired) electrons. The van der Waals surface area contributed by atoms with Crippen molar-refractivity contribution < 1.29 is 4.39 Å². The molecule has 0 saturated carbocycles. The molecule has 0 unspecified atom stereocenters. The van der Waals surface area contributed by atoms with Crippen molar-refractivity contribution in [2.75, 3.05) is 18.0 Å². The molecule has 20 heavy (non-hydrogen) atoms. The van der Waals surface area contributed by atoms with Gasteiger partial charge in [0.25, 0.3) is 0 Å². The standard InChI is InChI=1S/C16H26FN3/c1-15(2,3)19-9-12-8-13(17)10-18-14(12)20-7-6-16(4,5)11-20/h8,10,19H,6-7,9,11H2,1-5H3. The maximum Gasteiger partial charge on any atom is 0.141 e. The zero-order chi connectivity index (χ0) is 15.0. The summed E-state index contributed by atoms with van der Waals surface area (Å²) in [6.45, 7) is 13.5. The normalized spacial score (nSPS) is 18.6. The Morgan fingerprint density at radius 3 is 2.65 bits per heavy atom. The number of anilines is 1. The van der Waals surface area contributed by atoms with Gasteiger partial charge in [-0.05, 0) is 38.7 Å². The topological polar surface area (TPSA) is 28.2 Å². The Labute approximate surface area is 121 Å². The van der Waals surface area contributed by atoms with E-state index in [4.69, 9.17) is 0 Å². The van der Waals surface area contributed by atoms with E-state index in [-0.39, 0.29) is 11.4 Å². The molecular formula is C16H26FN3. The fourth-order valence-corrected chi connectivity index (χ4v) is 2.54. The Morgan fingerprint density at radius 2 is 2.10 bits per heavy atom. The smallest absolute Gasteiger partial charge is 0.141 e. The first-order chi connectivity index (χ1) is 9.16. The number of halogens is 1. The third-order valence-corrected chi connectivity index (χ3v) is 3.70. The van der Waals surface area contributed by atoms with Crippen molar-refractivity contribution in [3.05, 3.63) is 23.6 Å². The number of hydrogen-bond donors (Lipinski definition) is 1. The zero-order valence-corrected chi connectivity index (χ0v) is 13.3. The van der Waals surface area contributed by atoms with Crippen LogP contribution in [0, 0.1) is 11.2 Å². The highest BCUT2D eigenvalue weighted by Crippen LogP contribution is 2.33. The molecular weight excluding hydrogens is 253 g/mol. The minimum atomic E-state index is -0.266. The number of hydrogen-bond acceptors (Lipinski definition) is 3. The van der Waals surface area contributed by atoms with Crippen LogP contribution in [0.1, 0.15) is 46.6 Å². The van der Waals surface area contributed by atoms with E-state index < -0.39 is 0 Å². The number of aromatic nitrogens is 1. The van der Waals surface area contributed by atoms with Gasteiger partial charge in [-0.15, -0.1) is 0 Å². The first-order valence-corrected chi connectivity index (χ1v) is 7.31. The van der Waals surface area contributed by atoms with Crippen LogP contribution in [0.15, 0.2) is 12.3 Å². The maximum atomic E-state index is 13.5. The molecule has 4 heteroatoms. The summed E-state index contributed by atoms with van der Waals surface area (Å²) in [5.41, 5.74) is 1.26. The number of nitrogens with one attached hydrogen (secondary N) is 1. The summed E-state index contributed by atoms with van der Waals surface area (Å²) < 4.78 is 13.5. The van der Waals surface area contributed by atoms with Gasteiger partial charge in [0.15, 0.2) is 0 Å². The molecule has 1 saturated heterocycles. The average Bonchev–Trinajstić information content (AvgIpc) is 2.66. The number of rotatable bonds is 3. The molecule has 2 rings (SSSR count). The summed E-state index contributed by atoms with van der Waals surface area (Å²) >= 11 is 0. The predicted octanol–water partition coefficient (Wildman–Crippen LogP) is 3.35. The van der Waals surface area contributed by atoms with E-state index in [0.29, 0.717) is 12.0 Å². The minimum Gasteiger partial charge on any atom is -0.356 e. The van der Waals surface area contributed by atoms with Gasteiger partial charge in [-0.3, -0.25) is 0 Å². The fraction of sp³-hybridized carbons (Fsp3) is 0.688. The van der Waals surface area contributed by atoms with E-state index in [2.05, 4.69) is 49.8 Å². The molecule has 3 nitrogen and oxygen atoms in total. The molecule has 2 heterocycles. The second kappa shape index (κ2) is 5.32. The summed E-state index contributed by atoms with van der Waals surface area (Å²) in [6.07, 6.45) is 2.47. The third kappa shape index (κ3) is 3.92. The summed E-state index contributed by atoms with van der Waals surface area (Å²) in [4.78, 5) is 6.61. The van der Waals surface area contributed by atoms with Crippen LogP contribution in [0.25, 0.3) is 0 Å². The van der Waals surface area contributed by atoms with Crippen molar-refractivity contribution in [1.29, 1.82) is 0 Å². The minimum absolute atomic E-state index is 0.00781. The highest BCUT2D eigenvalue weighted by Gasteiger charge is 2.31. The van der Waals surface area contributed by atoms with Crippen LogP contribution in [0.5, 0.6) is 0 Å². The highest BCUT2D eigenvalue weighted by atomic mass is 19.1. The predicted molar refractivity (Wildman–Crippen MR) is 81.4 cm³/mol. The molecule has 1 aromatic rings. The molecule has 112 valence electrons. The van der Waals surface area contributed by atoms with Crippen molar-refractivity contribution >= 4 is 5.82 Å². The Hall–Kier alpha value is -1.16. The van der Waals surface area contributed by atoms with Crippen LogP contribution in [0.2, 0.25) is 0 Å². The van der Waals surface area contributed by atoms with E-state index in [0.717, 1.165) is 30.9 Å². The third-order valence-electron chi connectivity index (χ3n) is 3.70. The van der Waals surface area contributed by atoms with Crippen molar-refractivity contribution in [3.63, 3.8) is 0 Å². The van der Waals surface area contributed by atoms with Crippen molar-refractivity contribution in [2.24, 2.45) is 5.41 Å². The second-order valence-electron chi connectivity index (χ2n) is 7.58. The molecule has 0 bridgehead atoms. The molecule has 1 fully saturated rings. The lowest BCUT2D eigenvalue weighted by molar-refractivity contribution is 0.416. The van der Waals surface area contributed by atoms with Crippen LogP contribution in [0.4, 0.5) is 10.2 Å². The van der Waals surface area contributed by atoms with Gasteiger partial charge >= 0.3 is 0 Å². The largest absolute Gasteiger partial charge is 0.356 e. The molecule has 0 amide bonds.